The molecule has 0 aliphatic carbocycles. The van der Waals surface area contributed by atoms with Crippen molar-refractivity contribution in [2.24, 2.45) is 0 Å². The van der Waals surface area contributed by atoms with E-state index in [4.69, 9.17) is 9.05 Å². The number of hydrogen-bond acceptors (Lipinski definition) is 5. The van der Waals surface area contributed by atoms with Gasteiger partial charge in [0, 0.05) is 4.47 Å². The van der Waals surface area contributed by atoms with Crippen LogP contribution in [0.25, 0.3) is 0 Å². The molecular weight excluding hydrogens is 359 g/mol. The summed E-state index contributed by atoms with van der Waals surface area (Å²) in [5.41, 5.74) is 0.325. The van der Waals surface area contributed by atoms with Gasteiger partial charge in [0.05, 0.1) is 19.6 Å². The van der Waals surface area contributed by atoms with Crippen LogP contribution in [0.2, 0.25) is 0 Å². The molecule has 1 unspecified atom stereocenters. The summed E-state index contributed by atoms with van der Waals surface area (Å²) in [5, 5.41) is 8.98. The van der Waals surface area contributed by atoms with Crippen molar-refractivity contribution in [3.8, 4) is 0 Å². The van der Waals surface area contributed by atoms with E-state index in [1.54, 1.807) is 38.1 Å². The molecule has 5 nitrogen and oxygen atoms in total. The number of Topliss-reactive ketones (excluding diaryl/α,β-unsaturated/α-hetero) is 1. The van der Waals surface area contributed by atoms with Gasteiger partial charge in [0.25, 0.3) is 0 Å². The van der Waals surface area contributed by atoms with Crippen LogP contribution in [-0.4, -0.2) is 24.1 Å². The Morgan fingerprint density at radius 2 is 1.71 bits per heavy atom. The zero-order valence-corrected chi connectivity index (χ0v) is 14.8. The highest BCUT2D eigenvalue weighted by atomic mass is 79.9. The number of aliphatic hydroxyl groups is 1. The van der Waals surface area contributed by atoms with E-state index in [0.29, 0.717) is 5.56 Å². The lowest BCUT2D eigenvalue weighted by Crippen LogP contribution is -2.30. The molecule has 0 spiro atoms. The van der Waals surface area contributed by atoms with Crippen LogP contribution in [0.5, 0.6) is 0 Å². The topological polar surface area (TPSA) is 72.8 Å². The van der Waals surface area contributed by atoms with Gasteiger partial charge in [-0.25, -0.2) is 0 Å². The summed E-state index contributed by atoms with van der Waals surface area (Å²) < 4.78 is 24.3. The summed E-state index contributed by atoms with van der Waals surface area (Å²) in [5.74, 6) is -0.306. The molecule has 1 aromatic rings. The minimum Gasteiger partial charge on any atom is -0.373 e. The summed E-state index contributed by atoms with van der Waals surface area (Å²) in [6.45, 7) is 4.84. The number of hydrogen-bond donors (Lipinski definition) is 1. The van der Waals surface area contributed by atoms with Crippen molar-refractivity contribution in [2.75, 3.05) is 13.2 Å². The highest BCUT2D eigenvalue weighted by Gasteiger charge is 2.51. The standard InChI is InChI=1S/C14H20BrO5P/c1-4-19-21(18,20-5-2)14(17,10-11(3)16)12-6-8-13(15)9-7-12/h6-9,17H,4-5,10H2,1-3H3. The van der Waals surface area contributed by atoms with Crippen LogP contribution in [0.4, 0.5) is 0 Å². The smallest absolute Gasteiger partial charge is 0.366 e. The molecule has 0 saturated heterocycles. The number of benzene rings is 1. The monoisotopic (exact) mass is 378 g/mol. The maximum atomic E-state index is 13.0. The zero-order valence-electron chi connectivity index (χ0n) is 12.3. The Bertz CT molecular complexity index is 521. The molecule has 0 aromatic heterocycles. The molecule has 0 saturated carbocycles. The van der Waals surface area contributed by atoms with Crippen LogP contribution in [0, 0.1) is 0 Å². The lowest BCUT2D eigenvalue weighted by Gasteiger charge is -2.34. The lowest BCUT2D eigenvalue weighted by molar-refractivity contribution is -0.120. The van der Waals surface area contributed by atoms with Gasteiger partial charge in [0.1, 0.15) is 5.78 Å². The van der Waals surface area contributed by atoms with E-state index in [9.17, 15) is 14.5 Å². The number of rotatable bonds is 8. The van der Waals surface area contributed by atoms with Gasteiger partial charge in [-0.05, 0) is 38.5 Å². The molecule has 1 aromatic carbocycles. The molecule has 0 aliphatic heterocycles. The first-order chi connectivity index (χ1) is 9.79. The summed E-state index contributed by atoms with van der Waals surface area (Å²) in [4.78, 5) is 11.6. The summed E-state index contributed by atoms with van der Waals surface area (Å²) in [6.07, 6.45) is -0.341. The molecule has 0 fully saturated rings. The molecule has 1 atom stereocenters. The second-order valence-electron chi connectivity index (χ2n) is 4.54. The molecule has 0 radical (unpaired) electrons. The van der Waals surface area contributed by atoms with Crippen LogP contribution in [0.3, 0.4) is 0 Å². The summed E-state index contributed by atoms with van der Waals surface area (Å²) >= 11 is 3.29. The number of carbonyl (C=O) groups excluding carboxylic acids is 1. The minimum absolute atomic E-state index is 0.105. The van der Waals surface area contributed by atoms with E-state index in [1.165, 1.54) is 6.92 Å². The average Bonchev–Trinajstić information content (AvgIpc) is 2.39. The van der Waals surface area contributed by atoms with Gasteiger partial charge in [-0.2, -0.15) is 0 Å². The maximum absolute atomic E-state index is 13.0. The Hall–Kier alpha value is -0.520. The van der Waals surface area contributed by atoms with Crippen LogP contribution < -0.4 is 0 Å². The molecule has 0 bridgehead atoms. The molecule has 21 heavy (non-hydrogen) atoms. The van der Waals surface area contributed by atoms with E-state index in [1.807, 2.05) is 0 Å². The van der Waals surface area contributed by atoms with Gasteiger partial charge < -0.3 is 14.2 Å². The second kappa shape index (κ2) is 7.65. The first-order valence-corrected chi connectivity index (χ1v) is 8.99. The van der Waals surface area contributed by atoms with Gasteiger partial charge in [0.2, 0.25) is 0 Å². The summed E-state index contributed by atoms with van der Waals surface area (Å²) in [6, 6.07) is 6.58. The molecule has 0 heterocycles. The van der Waals surface area contributed by atoms with Gasteiger partial charge in [-0.1, -0.05) is 28.1 Å². The molecule has 0 aliphatic rings. The lowest BCUT2D eigenvalue weighted by atomic mass is 10.0. The largest absolute Gasteiger partial charge is 0.373 e. The average molecular weight is 379 g/mol. The van der Waals surface area contributed by atoms with E-state index < -0.39 is 12.9 Å². The first-order valence-electron chi connectivity index (χ1n) is 6.66. The van der Waals surface area contributed by atoms with E-state index in [0.717, 1.165) is 4.47 Å². The zero-order chi connectivity index (χ0) is 16.1. The van der Waals surface area contributed by atoms with Crippen molar-refractivity contribution in [2.45, 2.75) is 32.5 Å². The van der Waals surface area contributed by atoms with Crippen molar-refractivity contribution in [1.82, 2.24) is 0 Å². The fourth-order valence-corrected chi connectivity index (χ4v) is 4.34. The van der Waals surface area contributed by atoms with E-state index in [-0.39, 0.29) is 25.4 Å². The van der Waals surface area contributed by atoms with Gasteiger partial charge in [-0.15, -0.1) is 0 Å². The quantitative estimate of drug-likeness (QED) is 0.695. The fraction of sp³-hybridized carbons (Fsp3) is 0.500. The summed E-state index contributed by atoms with van der Waals surface area (Å²) in [7, 11) is -3.91. The van der Waals surface area contributed by atoms with Gasteiger partial charge in [-0.3, -0.25) is 9.36 Å². The SMILES string of the molecule is CCOP(=O)(OCC)C(O)(CC(C)=O)c1ccc(Br)cc1. The van der Waals surface area contributed by atoms with Crippen molar-refractivity contribution >= 4 is 29.3 Å². The molecule has 0 amide bonds. The number of carbonyl (C=O) groups is 1. The highest BCUT2D eigenvalue weighted by molar-refractivity contribution is 9.10. The van der Waals surface area contributed by atoms with Crippen molar-refractivity contribution in [3.05, 3.63) is 34.3 Å². The van der Waals surface area contributed by atoms with Gasteiger partial charge in [0.15, 0.2) is 5.34 Å². The van der Waals surface area contributed by atoms with Gasteiger partial charge >= 0.3 is 7.60 Å². The molecule has 118 valence electrons. The Kier molecular flexibility index (Phi) is 6.75. The maximum Gasteiger partial charge on any atom is 0.366 e. The molecule has 1 rings (SSSR count). The third kappa shape index (κ3) is 4.24. The van der Waals surface area contributed by atoms with Crippen LogP contribution in [0.1, 0.15) is 32.8 Å². The van der Waals surface area contributed by atoms with E-state index >= 15 is 0 Å². The third-order valence-corrected chi connectivity index (χ3v) is 5.90. The number of ketones is 1. The Morgan fingerprint density at radius 1 is 1.24 bits per heavy atom. The molecule has 7 heteroatoms. The highest BCUT2D eigenvalue weighted by Crippen LogP contribution is 2.65. The normalized spacial score (nSPS) is 14.7. The Balaban J connectivity index is 3.39. The Morgan fingerprint density at radius 3 is 2.10 bits per heavy atom. The predicted molar refractivity (Wildman–Crippen MR) is 84.2 cm³/mol. The Labute approximate surface area is 133 Å². The predicted octanol–water partition coefficient (Wildman–Crippen LogP) is 3.84. The number of halogens is 1. The fourth-order valence-electron chi connectivity index (χ4n) is 2.01. The first kappa shape index (κ1) is 18.5. The van der Waals surface area contributed by atoms with Crippen molar-refractivity contribution < 1.29 is 23.5 Å². The van der Waals surface area contributed by atoms with Crippen LogP contribution >= 0.6 is 23.5 Å². The third-order valence-electron chi connectivity index (χ3n) is 2.85. The second-order valence-corrected chi connectivity index (χ2v) is 7.70. The van der Waals surface area contributed by atoms with E-state index in [2.05, 4.69) is 15.9 Å². The molecule has 1 N–H and O–H groups in total. The van der Waals surface area contributed by atoms with Crippen LogP contribution in [0.15, 0.2) is 28.7 Å². The minimum atomic E-state index is -3.91. The van der Waals surface area contributed by atoms with Crippen molar-refractivity contribution in [1.29, 1.82) is 0 Å². The van der Waals surface area contributed by atoms with Crippen LogP contribution in [-0.2, 0) is 23.7 Å². The van der Waals surface area contributed by atoms with Crippen molar-refractivity contribution in [3.63, 3.8) is 0 Å². The molecular formula is C14H20BrO5P.